The molecule has 0 radical (unpaired) electrons. The monoisotopic (exact) mass is 212 g/mol. The van der Waals surface area contributed by atoms with E-state index >= 15 is 0 Å². The van der Waals surface area contributed by atoms with Crippen LogP contribution in [0.4, 0.5) is 0 Å². The second kappa shape index (κ2) is 4.65. The van der Waals surface area contributed by atoms with Crippen molar-refractivity contribution in [3.8, 4) is 0 Å². The molecule has 1 saturated carbocycles. The van der Waals surface area contributed by atoms with Crippen molar-refractivity contribution < 1.29 is 9.53 Å². The average molecular weight is 212 g/mol. The molecule has 0 spiro atoms. The zero-order valence-electron chi connectivity index (χ0n) is 10.6. The van der Waals surface area contributed by atoms with E-state index in [4.69, 9.17) is 4.74 Å². The molecule has 0 bridgehead atoms. The molecule has 0 N–H and O–H groups in total. The minimum Gasteiger partial charge on any atom is -0.378 e. The maximum Gasteiger partial charge on any atom is 0.135 e. The van der Waals surface area contributed by atoms with Gasteiger partial charge in [0.1, 0.15) is 5.78 Å². The van der Waals surface area contributed by atoms with Gasteiger partial charge in [-0.2, -0.15) is 0 Å². The Morgan fingerprint density at radius 2 is 1.93 bits per heavy atom. The van der Waals surface area contributed by atoms with E-state index in [2.05, 4.69) is 20.8 Å². The maximum atomic E-state index is 11.8. The van der Waals surface area contributed by atoms with Gasteiger partial charge in [-0.05, 0) is 31.1 Å². The van der Waals surface area contributed by atoms with Crippen molar-refractivity contribution in [3.05, 3.63) is 0 Å². The highest BCUT2D eigenvalue weighted by Crippen LogP contribution is 2.38. The lowest BCUT2D eigenvalue weighted by Gasteiger charge is -2.40. The Morgan fingerprint density at radius 3 is 2.27 bits per heavy atom. The molecule has 88 valence electrons. The fourth-order valence-electron chi connectivity index (χ4n) is 1.99. The number of methoxy groups -OCH3 is 1. The minimum atomic E-state index is -0.0883. The number of ketones is 1. The summed E-state index contributed by atoms with van der Waals surface area (Å²) < 4.78 is 5.46. The summed E-state index contributed by atoms with van der Waals surface area (Å²) in [5.74, 6) is 0.367. The quantitative estimate of drug-likeness (QED) is 0.698. The number of carbonyl (C=O) groups is 1. The number of ether oxygens (including phenoxy) is 1. The van der Waals surface area contributed by atoms with Crippen LogP contribution < -0.4 is 0 Å². The van der Waals surface area contributed by atoms with Crippen LogP contribution >= 0.6 is 0 Å². The summed E-state index contributed by atoms with van der Waals surface area (Å²) in [7, 11) is 1.73. The fourth-order valence-corrected chi connectivity index (χ4v) is 1.99. The molecule has 2 heteroatoms. The molecule has 0 amide bonds. The van der Waals surface area contributed by atoms with E-state index in [1.165, 1.54) is 6.42 Å². The van der Waals surface area contributed by atoms with Crippen molar-refractivity contribution in [1.29, 1.82) is 0 Å². The highest BCUT2D eigenvalue weighted by Gasteiger charge is 2.38. The molecule has 15 heavy (non-hydrogen) atoms. The summed E-state index contributed by atoms with van der Waals surface area (Å²) in [6.45, 7) is 6.53. The fraction of sp³-hybridized carbons (Fsp3) is 0.923. The standard InChI is InChI=1S/C13H24O2/c1-12(2,3)9-6-11(14)10-13(15-4)7-5-8-13/h5-10H2,1-4H3. The summed E-state index contributed by atoms with van der Waals surface area (Å²) in [6, 6.07) is 0. The maximum absolute atomic E-state index is 11.8. The minimum absolute atomic E-state index is 0.0883. The first-order valence-corrected chi connectivity index (χ1v) is 5.94. The summed E-state index contributed by atoms with van der Waals surface area (Å²) in [4.78, 5) is 11.8. The predicted octanol–water partition coefficient (Wildman–Crippen LogP) is 3.34. The van der Waals surface area contributed by atoms with Crippen LogP contribution in [0.25, 0.3) is 0 Å². The molecule has 0 aromatic rings. The molecule has 0 heterocycles. The summed E-state index contributed by atoms with van der Waals surface area (Å²) in [6.07, 6.45) is 5.63. The smallest absolute Gasteiger partial charge is 0.135 e. The Morgan fingerprint density at radius 1 is 1.33 bits per heavy atom. The summed E-state index contributed by atoms with van der Waals surface area (Å²) >= 11 is 0. The van der Waals surface area contributed by atoms with E-state index in [0.29, 0.717) is 18.6 Å². The Hall–Kier alpha value is -0.370. The molecule has 1 rings (SSSR count). The van der Waals surface area contributed by atoms with Crippen LogP contribution in [0.3, 0.4) is 0 Å². The summed E-state index contributed by atoms with van der Waals surface area (Å²) in [5.41, 5.74) is 0.171. The molecule has 2 nitrogen and oxygen atoms in total. The highest BCUT2D eigenvalue weighted by atomic mass is 16.5. The average Bonchev–Trinajstić information content (AvgIpc) is 2.07. The number of hydrogen-bond donors (Lipinski definition) is 0. The van der Waals surface area contributed by atoms with Gasteiger partial charge < -0.3 is 4.74 Å². The van der Waals surface area contributed by atoms with E-state index in [-0.39, 0.29) is 11.0 Å². The molecule has 1 aliphatic carbocycles. The molecule has 0 aromatic heterocycles. The van der Waals surface area contributed by atoms with Gasteiger partial charge in [0.2, 0.25) is 0 Å². The van der Waals surface area contributed by atoms with Crippen LogP contribution in [0.5, 0.6) is 0 Å². The van der Waals surface area contributed by atoms with Crippen molar-refractivity contribution in [1.82, 2.24) is 0 Å². The topological polar surface area (TPSA) is 26.3 Å². The third-order valence-corrected chi connectivity index (χ3v) is 3.37. The molecule has 0 saturated heterocycles. The predicted molar refractivity (Wildman–Crippen MR) is 61.9 cm³/mol. The van der Waals surface area contributed by atoms with Crippen LogP contribution in [0, 0.1) is 5.41 Å². The Labute approximate surface area is 93.4 Å². The number of Topliss-reactive ketones (excluding diaryl/α,β-unsaturated/α-hetero) is 1. The van der Waals surface area contributed by atoms with Crippen LogP contribution in [0.15, 0.2) is 0 Å². The zero-order chi connectivity index (χ0) is 11.5. The van der Waals surface area contributed by atoms with E-state index in [1.807, 2.05) is 0 Å². The normalized spacial score (nSPS) is 19.7. The van der Waals surface area contributed by atoms with Crippen LogP contribution in [-0.4, -0.2) is 18.5 Å². The van der Waals surface area contributed by atoms with Crippen molar-refractivity contribution in [2.45, 2.75) is 64.9 Å². The molecule has 0 atom stereocenters. The van der Waals surface area contributed by atoms with Gasteiger partial charge in [0.15, 0.2) is 0 Å². The van der Waals surface area contributed by atoms with Gasteiger partial charge in [0.25, 0.3) is 0 Å². The van der Waals surface area contributed by atoms with Gasteiger partial charge in [-0.15, -0.1) is 0 Å². The molecule has 0 aromatic carbocycles. The Kier molecular flexibility index (Phi) is 3.93. The number of hydrogen-bond acceptors (Lipinski definition) is 2. The van der Waals surface area contributed by atoms with Crippen LogP contribution in [-0.2, 0) is 9.53 Å². The third kappa shape index (κ3) is 3.94. The van der Waals surface area contributed by atoms with Crippen molar-refractivity contribution in [2.24, 2.45) is 5.41 Å². The molecular formula is C13H24O2. The van der Waals surface area contributed by atoms with E-state index in [0.717, 1.165) is 19.3 Å². The SMILES string of the molecule is COC1(CC(=O)CCC(C)(C)C)CCC1. The molecule has 0 aliphatic heterocycles. The van der Waals surface area contributed by atoms with Crippen molar-refractivity contribution in [3.63, 3.8) is 0 Å². The lowest BCUT2D eigenvalue weighted by atomic mass is 9.75. The number of carbonyl (C=O) groups excluding carboxylic acids is 1. The Balaban J connectivity index is 2.29. The molecule has 1 fully saturated rings. The first-order chi connectivity index (χ1) is 6.87. The number of rotatable bonds is 5. The van der Waals surface area contributed by atoms with Crippen molar-refractivity contribution >= 4 is 5.78 Å². The van der Waals surface area contributed by atoms with Gasteiger partial charge in [-0.25, -0.2) is 0 Å². The van der Waals surface area contributed by atoms with E-state index in [1.54, 1.807) is 7.11 Å². The lowest BCUT2D eigenvalue weighted by molar-refractivity contribution is -0.132. The van der Waals surface area contributed by atoms with E-state index in [9.17, 15) is 4.79 Å². The van der Waals surface area contributed by atoms with Crippen LogP contribution in [0.1, 0.15) is 59.3 Å². The van der Waals surface area contributed by atoms with Gasteiger partial charge >= 0.3 is 0 Å². The third-order valence-electron chi connectivity index (χ3n) is 3.37. The van der Waals surface area contributed by atoms with Gasteiger partial charge in [0.05, 0.1) is 5.60 Å². The summed E-state index contributed by atoms with van der Waals surface area (Å²) in [5, 5.41) is 0. The second-order valence-corrected chi connectivity index (χ2v) is 6.02. The largest absolute Gasteiger partial charge is 0.378 e. The van der Waals surface area contributed by atoms with Gasteiger partial charge in [0, 0.05) is 20.0 Å². The van der Waals surface area contributed by atoms with E-state index < -0.39 is 0 Å². The molecule has 0 unspecified atom stereocenters. The molecular weight excluding hydrogens is 188 g/mol. The first-order valence-electron chi connectivity index (χ1n) is 5.94. The van der Waals surface area contributed by atoms with Gasteiger partial charge in [-0.1, -0.05) is 20.8 Å². The highest BCUT2D eigenvalue weighted by molar-refractivity contribution is 5.79. The van der Waals surface area contributed by atoms with Gasteiger partial charge in [-0.3, -0.25) is 4.79 Å². The van der Waals surface area contributed by atoms with Crippen LogP contribution in [0.2, 0.25) is 0 Å². The molecule has 1 aliphatic rings. The second-order valence-electron chi connectivity index (χ2n) is 6.02. The van der Waals surface area contributed by atoms with Crippen molar-refractivity contribution in [2.75, 3.05) is 7.11 Å². The lowest BCUT2D eigenvalue weighted by Crippen LogP contribution is -2.41. The zero-order valence-corrected chi connectivity index (χ0v) is 10.6. The Bertz CT molecular complexity index is 216. The first kappa shape index (κ1) is 12.7.